The molecule has 0 spiro atoms. The first-order valence-corrected chi connectivity index (χ1v) is 21.8. The molecule has 0 aromatic heterocycles. The van der Waals surface area contributed by atoms with Crippen molar-refractivity contribution in [2.24, 2.45) is 0 Å². The quantitative estimate of drug-likeness (QED) is 0.282. The van der Waals surface area contributed by atoms with Crippen LogP contribution in [0.5, 0.6) is 0 Å². The first-order valence-electron chi connectivity index (χ1n) is 5.66. The first-order chi connectivity index (χ1) is 8.29. The fourth-order valence-corrected chi connectivity index (χ4v) is 1.41. The summed E-state index contributed by atoms with van der Waals surface area (Å²) >= 11 is -3.22. The molecular formula is C13H24Cl4PRe. The Morgan fingerprint density at radius 3 is 0.842 bits per heavy atom. The fourth-order valence-electron chi connectivity index (χ4n) is 1.41. The summed E-state index contributed by atoms with van der Waals surface area (Å²) in [6.45, 7) is 17.7. The van der Waals surface area contributed by atoms with Crippen LogP contribution in [0.25, 0.3) is 0 Å². The predicted molar refractivity (Wildman–Crippen MR) is 93.8 cm³/mol. The van der Waals surface area contributed by atoms with Gasteiger partial charge >= 0.3 is 49.6 Å². The molecule has 0 amide bonds. The third kappa shape index (κ3) is 13.1. The topological polar surface area (TPSA) is 0 Å². The average Bonchev–Trinajstić information content (AvgIpc) is 2.33. The van der Waals surface area contributed by atoms with Crippen LogP contribution < -0.4 is 0 Å². The molecule has 0 bridgehead atoms. The van der Waals surface area contributed by atoms with Crippen molar-refractivity contribution in [1.82, 2.24) is 0 Å². The minimum atomic E-state index is -3.22. The molecule has 19 heavy (non-hydrogen) atoms. The van der Waals surface area contributed by atoms with Crippen molar-refractivity contribution >= 4 is 46.0 Å². The van der Waals surface area contributed by atoms with E-state index in [2.05, 4.69) is 54.6 Å². The maximum absolute atomic E-state index is 5.03. The molecule has 0 saturated carbocycles. The summed E-state index contributed by atoms with van der Waals surface area (Å²) in [5.74, 6) is 1.47. The molecule has 0 atom stereocenters. The van der Waals surface area contributed by atoms with Crippen molar-refractivity contribution < 1.29 is 11.5 Å². The van der Waals surface area contributed by atoms with Crippen molar-refractivity contribution in [1.29, 1.82) is 0 Å². The van der Waals surface area contributed by atoms with Gasteiger partial charge in [-0.05, 0) is 58.8 Å². The molecule has 0 fully saturated rings. The van der Waals surface area contributed by atoms with Crippen molar-refractivity contribution in [3.8, 4) is 0 Å². The number of rotatable bonds is 0. The summed E-state index contributed by atoms with van der Waals surface area (Å²) in [6, 6.07) is 0. The van der Waals surface area contributed by atoms with E-state index in [0.717, 1.165) is 0 Å². The second-order valence-corrected chi connectivity index (χ2v) is 31.0. The van der Waals surface area contributed by atoms with E-state index in [-0.39, 0.29) is 0 Å². The molecule has 1 rings (SSSR count). The van der Waals surface area contributed by atoms with Crippen LogP contribution in [0.1, 0.15) is 34.6 Å². The van der Waals surface area contributed by atoms with E-state index in [1.54, 1.807) is 0 Å². The van der Waals surface area contributed by atoms with E-state index < -0.39 is 11.5 Å². The molecule has 1 aliphatic carbocycles. The van der Waals surface area contributed by atoms with Crippen molar-refractivity contribution in [2.75, 3.05) is 20.0 Å². The molecule has 0 N–H and O–H groups in total. The van der Waals surface area contributed by atoms with E-state index in [4.69, 9.17) is 38.1 Å². The molecule has 6 heteroatoms. The zero-order valence-corrected chi connectivity index (χ0v) is 19.5. The van der Waals surface area contributed by atoms with Gasteiger partial charge in [-0.25, -0.2) is 0 Å². The Hall–Kier alpha value is 1.73. The molecule has 0 aromatic carbocycles. The van der Waals surface area contributed by atoms with Crippen LogP contribution in [0.2, 0.25) is 0 Å². The third-order valence-corrected chi connectivity index (χ3v) is 2.81. The van der Waals surface area contributed by atoms with Gasteiger partial charge < -0.3 is 0 Å². The second-order valence-electron chi connectivity index (χ2n) is 4.79. The standard InChI is InChI=1S/C10H15.C3H9P.4ClH.Re/c1-6-7(2)9(4)10(5)8(6)3;1-4(2)3;;;;;/h1-5H3;1-3H3;4*1H;/q;;;;;;+4/p-4. The molecule has 0 unspecified atom stereocenters. The Morgan fingerprint density at radius 1 is 0.632 bits per heavy atom. The molecule has 0 heterocycles. The van der Waals surface area contributed by atoms with Crippen molar-refractivity contribution in [3.05, 3.63) is 28.2 Å². The van der Waals surface area contributed by atoms with Crippen LogP contribution in [0.4, 0.5) is 0 Å². The van der Waals surface area contributed by atoms with Gasteiger partial charge in [0.25, 0.3) is 0 Å². The van der Waals surface area contributed by atoms with E-state index in [1.807, 2.05) is 0 Å². The van der Waals surface area contributed by atoms with Gasteiger partial charge in [-0.1, -0.05) is 18.1 Å². The van der Waals surface area contributed by atoms with Gasteiger partial charge in [0.15, 0.2) is 0 Å². The van der Waals surface area contributed by atoms with Crippen LogP contribution in [-0.2, 0) is 11.5 Å². The Bertz CT molecular complexity index is 310. The molecule has 0 saturated heterocycles. The molecule has 1 radical (unpaired) electrons. The minimum absolute atomic E-state index is 0.380. The summed E-state index contributed by atoms with van der Waals surface area (Å²) in [6.07, 6.45) is 0. The first kappa shape index (κ1) is 23.0. The number of hydrogen-bond acceptors (Lipinski definition) is 0. The Morgan fingerprint density at radius 2 is 0.789 bits per heavy atom. The molecule has 0 aromatic rings. The van der Waals surface area contributed by atoms with Gasteiger partial charge in [-0.3, -0.25) is 0 Å². The monoisotopic (exact) mass is 538 g/mol. The summed E-state index contributed by atoms with van der Waals surface area (Å²) < 4.78 is 0. The maximum atomic E-state index is 5.03. The Kier molecular flexibility index (Phi) is 12.7. The van der Waals surface area contributed by atoms with Gasteiger partial charge in [0.1, 0.15) is 0 Å². The number of halogens is 4. The molecule has 0 aliphatic heterocycles. The zero-order valence-electron chi connectivity index (χ0n) is 12.8. The van der Waals surface area contributed by atoms with Crippen LogP contribution in [0.15, 0.2) is 22.3 Å². The molecule has 116 valence electrons. The summed E-state index contributed by atoms with van der Waals surface area (Å²) in [4.78, 5) is 0. The third-order valence-electron chi connectivity index (χ3n) is 2.81. The number of allylic oxidation sites excluding steroid dienone is 4. The van der Waals surface area contributed by atoms with Crippen LogP contribution in [0.3, 0.4) is 0 Å². The summed E-state index contributed by atoms with van der Waals surface area (Å²) in [7, 11) is 20.5. The van der Waals surface area contributed by atoms with Crippen LogP contribution in [0, 0.1) is 5.92 Å². The van der Waals surface area contributed by atoms with E-state index >= 15 is 0 Å². The zero-order chi connectivity index (χ0) is 16.0. The van der Waals surface area contributed by atoms with Crippen LogP contribution >= 0.6 is 46.0 Å². The predicted octanol–water partition coefficient (Wildman–Crippen LogP) is 7.38. The van der Waals surface area contributed by atoms with Gasteiger partial charge in [0, 0.05) is 5.92 Å². The van der Waals surface area contributed by atoms with E-state index in [0.29, 0.717) is 7.92 Å². The second kappa shape index (κ2) is 10.5. The van der Waals surface area contributed by atoms with Gasteiger partial charge in [0.2, 0.25) is 0 Å². The average molecular weight is 539 g/mol. The van der Waals surface area contributed by atoms with Gasteiger partial charge in [0.05, 0.1) is 0 Å². The van der Waals surface area contributed by atoms with E-state index in [1.165, 1.54) is 28.2 Å². The van der Waals surface area contributed by atoms with Gasteiger partial charge in [-0.15, -0.1) is 7.92 Å². The van der Waals surface area contributed by atoms with E-state index in [9.17, 15) is 0 Å². The summed E-state index contributed by atoms with van der Waals surface area (Å²) in [5.41, 5.74) is 5.87. The SMILES string of the molecule is CP(C)C.C[C]1C(C)=C(C)C(C)=C1C.[Cl][Re]([Cl])([Cl])[Cl]. The Labute approximate surface area is 139 Å². The van der Waals surface area contributed by atoms with Crippen molar-refractivity contribution in [3.63, 3.8) is 0 Å². The number of hydrogen-bond donors (Lipinski definition) is 0. The molecule has 1 aliphatic rings. The van der Waals surface area contributed by atoms with Gasteiger partial charge in [-0.2, -0.15) is 0 Å². The van der Waals surface area contributed by atoms with Crippen LogP contribution in [-0.4, -0.2) is 20.0 Å². The van der Waals surface area contributed by atoms with Crippen molar-refractivity contribution in [2.45, 2.75) is 34.6 Å². The Balaban J connectivity index is 0. The molecular weight excluding hydrogens is 515 g/mol. The summed E-state index contributed by atoms with van der Waals surface area (Å²) in [5, 5.41) is 0. The molecule has 0 nitrogen and oxygen atoms in total. The fraction of sp³-hybridized carbons (Fsp3) is 0.615. The normalized spacial score (nSPS) is 17.1.